The highest BCUT2D eigenvalue weighted by molar-refractivity contribution is 9.10. The molecule has 0 radical (unpaired) electrons. The maximum Gasteiger partial charge on any atom is 0.360 e. The Balaban J connectivity index is 1.76. The summed E-state index contributed by atoms with van der Waals surface area (Å²) >= 11 is 3.20. The molecule has 0 fully saturated rings. The predicted molar refractivity (Wildman–Crippen MR) is 122 cm³/mol. The average molecular weight is 582 g/mol. The zero-order valence-corrected chi connectivity index (χ0v) is 20.8. The van der Waals surface area contributed by atoms with Gasteiger partial charge in [0.2, 0.25) is 11.8 Å². The Morgan fingerprint density at radius 1 is 0.811 bits per heavy atom. The highest BCUT2D eigenvalue weighted by Gasteiger charge is 2.26. The maximum absolute atomic E-state index is 12.8. The van der Waals surface area contributed by atoms with Gasteiger partial charge in [0.1, 0.15) is 36.0 Å². The van der Waals surface area contributed by atoms with Gasteiger partial charge in [0.15, 0.2) is 11.4 Å². The highest BCUT2D eigenvalue weighted by Crippen LogP contribution is 2.18. The summed E-state index contributed by atoms with van der Waals surface area (Å²) in [4.78, 5) is 60.5. The Kier molecular flexibility index (Phi) is 9.05. The van der Waals surface area contributed by atoms with Crippen LogP contribution in [0.15, 0.2) is 38.0 Å². The maximum atomic E-state index is 12.8. The van der Waals surface area contributed by atoms with Gasteiger partial charge in [-0.1, -0.05) is 15.9 Å². The van der Waals surface area contributed by atoms with Gasteiger partial charge < -0.3 is 39.2 Å². The lowest BCUT2D eigenvalue weighted by atomic mass is 10.2. The number of methoxy groups -OCH3 is 2. The third kappa shape index (κ3) is 6.54. The molecule has 2 unspecified atom stereocenters. The topological polar surface area (TPSA) is 216 Å². The highest BCUT2D eigenvalue weighted by atomic mass is 79.9. The van der Waals surface area contributed by atoms with Crippen molar-refractivity contribution < 1.29 is 47.7 Å². The van der Waals surface area contributed by atoms with E-state index in [1.54, 1.807) is 0 Å². The minimum absolute atomic E-state index is 0.159. The quantitative estimate of drug-likeness (QED) is 0.237. The Morgan fingerprint density at radius 3 is 1.57 bits per heavy atom. The third-order valence-corrected chi connectivity index (χ3v) is 5.12. The van der Waals surface area contributed by atoms with Crippen molar-refractivity contribution in [2.24, 2.45) is 0 Å². The molecule has 196 valence electrons. The molecule has 16 heteroatoms. The lowest BCUT2D eigenvalue weighted by molar-refractivity contribution is 0.0585. The number of aliphatic hydroxyl groups excluding tert-OH is 2. The number of ether oxygens (including phenoxy) is 2. The van der Waals surface area contributed by atoms with E-state index in [0.29, 0.717) is 4.47 Å². The monoisotopic (exact) mass is 581 g/mol. The second-order valence-electron chi connectivity index (χ2n) is 7.10. The van der Waals surface area contributed by atoms with E-state index >= 15 is 0 Å². The molecule has 2 amide bonds. The van der Waals surface area contributed by atoms with Crippen molar-refractivity contribution in [1.29, 1.82) is 0 Å². The first-order valence-electron chi connectivity index (χ1n) is 10.3. The summed E-state index contributed by atoms with van der Waals surface area (Å²) in [6.07, 6.45) is 2.02. The van der Waals surface area contributed by atoms with Crippen molar-refractivity contribution in [2.75, 3.05) is 27.4 Å². The van der Waals surface area contributed by atoms with Crippen LogP contribution in [0.1, 0.15) is 65.8 Å². The first-order chi connectivity index (χ1) is 17.7. The first-order valence-corrected chi connectivity index (χ1v) is 11.1. The molecule has 3 heterocycles. The molecule has 0 spiro atoms. The molecule has 15 nitrogen and oxygen atoms in total. The summed E-state index contributed by atoms with van der Waals surface area (Å²) < 4.78 is 19.7. The lowest BCUT2D eigenvalue weighted by Crippen LogP contribution is -2.34. The second-order valence-corrected chi connectivity index (χ2v) is 8.01. The Labute approximate surface area is 216 Å². The van der Waals surface area contributed by atoms with E-state index in [2.05, 4.69) is 51.0 Å². The summed E-state index contributed by atoms with van der Waals surface area (Å²) in [5.41, 5.74) is -0.759. The standard InChI is InChI=1S/C21H20BrN5O10/c1-34-20(32)14-7-36-18(26-14)12(5-28)24-16(30)10-3-9(22)4-11(23-10)17(31)25-13(6-29)19-27-15(8-37-19)21(33)35-2/h3-4,7-8,12-13,28-29H,5-6H2,1-2H3,(H,24,30)(H,25,31). The Morgan fingerprint density at radius 2 is 1.22 bits per heavy atom. The van der Waals surface area contributed by atoms with Crippen LogP contribution in [-0.4, -0.2) is 76.4 Å². The second kappa shape index (κ2) is 12.2. The number of aliphatic hydroxyl groups is 2. The number of esters is 2. The van der Waals surface area contributed by atoms with Crippen molar-refractivity contribution in [2.45, 2.75) is 12.1 Å². The van der Waals surface area contributed by atoms with Gasteiger partial charge in [0.05, 0.1) is 27.4 Å². The summed E-state index contributed by atoms with van der Waals surface area (Å²) in [5.74, 6) is -3.47. The fourth-order valence-electron chi connectivity index (χ4n) is 2.86. The van der Waals surface area contributed by atoms with Gasteiger partial charge in [-0.3, -0.25) is 9.59 Å². The smallest absolute Gasteiger partial charge is 0.360 e. The van der Waals surface area contributed by atoms with Crippen LogP contribution in [0.3, 0.4) is 0 Å². The molecule has 3 aromatic heterocycles. The number of carbonyl (C=O) groups is 4. The van der Waals surface area contributed by atoms with Crippen LogP contribution in [-0.2, 0) is 9.47 Å². The molecule has 0 aliphatic carbocycles. The predicted octanol–water partition coefficient (Wildman–Crippen LogP) is 0.320. The van der Waals surface area contributed by atoms with Gasteiger partial charge in [-0.25, -0.2) is 24.5 Å². The van der Waals surface area contributed by atoms with E-state index in [9.17, 15) is 29.4 Å². The van der Waals surface area contributed by atoms with Gasteiger partial charge >= 0.3 is 11.9 Å². The number of pyridine rings is 1. The SMILES string of the molecule is COC(=O)c1coc(C(CO)NC(=O)c2cc(Br)cc(C(=O)NC(CO)c3nc(C(=O)OC)co3)n2)n1. The van der Waals surface area contributed by atoms with Crippen LogP contribution in [0.25, 0.3) is 0 Å². The molecular weight excluding hydrogens is 562 g/mol. The number of amides is 2. The van der Waals surface area contributed by atoms with Crippen molar-refractivity contribution >= 4 is 39.7 Å². The minimum Gasteiger partial charge on any atom is -0.464 e. The molecule has 0 aliphatic heterocycles. The number of oxazole rings is 2. The normalized spacial score (nSPS) is 12.4. The van der Waals surface area contributed by atoms with Crippen LogP contribution < -0.4 is 10.6 Å². The lowest BCUT2D eigenvalue weighted by Gasteiger charge is -2.14. The van der Waals surface area contributed by atoms with Crippen molar-refractivity contribution in [3.05, 3.63) is 63.7 Å². The van der Waals surface area contributed by atoms with Gasteiger partial charge in [-0.2, -0.15) is 0 Å². The van der Waals surface area contributed by atoms with E-state index in [1.165, 1.54) is 12.1 Å². The molecular formula is C21H20BrN5O10. The molecule has 0 saturated heterocycles. The number of rotatable bonds is 10. The number of hydrogen-bond acceptors (Lipinski definition) is 13. The van der Waals surface area contributed by atoms with Gasteiger partial charge in [-0.15, -0.1) is 0 Å². The molecule has 3 aromatic rings. The average Bonchev–Trinajstić information content (AvgIpc) is 3.59. The fraction of sp³-hybridized carbons (Fsp3) is 0.286. The van der Waals surface area contributed by atoms with Gasteiger partial charge in [0, 0.05) is 4.47 Å². The third-order valence-electron chi connectivity index (χ3n) is 4.66. The van der Waals surface area contributed by atoms with Crippen LogP contribution in [0.4, 0.5) is 0 Å². The van der Waals surface area contributed by atoms with E-state index in [4.69, 9.17) is 8.83 Å². The van der Waals surface area contributed by atoms with Crippen LogP contribution in [0, 0.1) is 0 Å². The summed E-state index contributed by atoms with van der Waals surface area (Å²) in [5, 5.41) is 24.2. The molecule has 37 heavy (non-hydrogen) atoms. The number of aromatic nitrogens is 3. The summed E-state index contributed by atoms with van der Waals surface area (Å²) in [6, 6.07) is 0.348. The number of nitrogens with zero attached hydrogens (tertiary/aromatic N) is 3. The number of hydrogen-bond donors (Lipinski definition) is 4. The molecule has 4 N–H and O–H groups in total. The van der Waals surface area contributed by atoms with Crippen LogP contribution in [0.2, 0.25) is 0 Å². The van der Waals surface area contributed by atoms with Crippen LogP contribution in [0.5, 0.6) is 0 Å². The van der Waals surface area contributed by atoms with E-state index in [1.807, 2.05) is 0 Å². The van der Waals surface area contributed by atoms with E-state index in [0.717, 1.165) is 26.7 Å². The largest absolute Gasteiger partial charge is 0.464 e. The number of nitrogens with one attached hydrogen (secondary N) is 2. The van der Waals surface area contributed by atoms with E-state index < -0.39 is 49.1 Å². The van der Waals surface area contributed by atoms with Gasteiger partial charge in [-0.05, 0) is 12.1 Å². The fourth-order valence-corrected chi connectivity index (χ4v) is 3.29. The molecule has 0 aromatic carbocycles. The Hall–Kier alpha value is -4.15. The number of carbonyl (C=O) groups excluding carboxylic acids is 4. The summed E-state index contributed by atoms with van der Waals surface area (Å²) in [6.45, 7) is -1.26. The van der Waals surface area contributed by atoms with Gasteiger partial charge in [0.25, 0.3) is 11.8 Å². The summed E-state index contributed by atoms with van der Waals surface area (Å²) in [7, 11) is 2.31. The molecule has 2 atom stereocenters. The zero-order chi connectivity index (χ0) is 27.1. The van der Waals surface area contributed by atoms with Crippen LogP contribution >= 0.6 is 15.9 Å². The molecule has 0 aliphatic rings. The van der Waals surface area contributed by atoms with Crippen molar-refractivity contribution in [3.63, 3.8) is 0 Å². The zero-order valence-electron chi connectivity index (χ0n) is 19.3. The number of halogens is 1. The molecule has 3 rings (SSSR count). The van der Waals surface area contributed by atoms with Crippen molar-refractivity contribution in [3.8, 4) is 0 Å². The van der Waals surface area contributed by atoms with Crippen molar-refractivity contribution in [1.82, 2.24) is 25.6 Å². The minimum atomic E-state index is -1.14. The Bertz CT molecular complexity index is 1210. The molecule has 0 saturated carbocycles. The molecule has 0 bridgehead atoms. The first kappa shape index (κ1) is 27.4. The van der Waals surface area contributed by atoms with E-state index in [-0.39, 0.29) is 34.6 Å².